The van der Waals surface area contributed by atoms with Crippen molar-refractivity contribution in [1.29, 1.82) is 0 Å². The number of nitrogens with one attached hydrogen (secondary N) is 1. The lowest BCUT2D eigenvalue weighted by Crippen LogP contribution is -2.35. The van der Waals surface area contributed by atoms with Crippen molar-refractivity contribution in [2.45, 2.75) is 12.8 Å². The number of para-hydroxylation sites is 1. The van der Waals surface area contributed by atoms with Crippen LogP contribution < -0.4 is 10.2 Å². The number of likely N-dealkylation sites (N-methyl/N-ethyl adjacent to an activating group) is 2. The van der Waals surface area contributed by atoms with Crippen molar-refractivity contribution in [1.82, 2.24) is 10.2 Å². The van der Waals surface area contributed by atoms with E-state index in [1.165, 1.54) is 0 Å². The Morgan fingerprint density at radius 2 is 1.90 bits per heavy atom. The second kappa shape index (κ2) is 6.72. The van der Waals surface area contributed by atoms with Crippen molar-refractivity contribution in [2.24, 2.45) is 5.92 Å². The molecule has 5 heteroatoms. The fourth-order valence-corrected chi connectivity index (χ4v) is 2.26. The molecule has 5 nitrogen and oxygen atoms in total. The molecule has 0 saturated heterocycles. The number of carbonyl (C=O) groups is 2. The highest BCUT2D eigenvalue weighted by Crippen LogP contribution is 2.33. The monoisotopic (exact) mass is 289 g/mol. The molecule has 1 saturated carbocycles. The molecular formula is C16H23N3O2. The number of benzene rings is 1. The van der Waals surface area contributed by atoms with E-state index in [2.05, 4.69) is 5.32 Å². The van der Waals surface area contributed by atoms with Crippen LogP contribution in [0, 0.1) is 5.92 Å². The summed E-state index contributed by atoms with van der Waals surface area (Å²) in [4.78, 5) is 28.1. The van der Waals surface area contributed by atoms with E-state index in [1.807, 2.05) is 25.2 Å². The lowest BCUT2D eigenvalue weighted by atomic mass is 10.1. The molecule has 2 amide bonds. The Morgan fingerprint density at radius 3 is 2.52 bits per heavy atom. The quantitative estimate of drug-likeness (QED) is 0.860. The fourth-order valence-electron chi connectivity index (χ4n) is 2.26. The zero-order valence-corrected chi connectivity index (χ0v) is 12.9. The average Bonchev–Trinajstić information content (AvgIpc) is 3.35. The first kappa shape index (κ1) is 15.5. The predicted octanol–water partition coefficient (Wildman–Crippen LogP) is 1.35. The van der Waals surface area contributed by atoms with Crippen LogP contribution in [0.3, 0.4) is 0 Å². The summed E-state index contributed by atoms with van der Waals surface area (Å²) in [7, 11) is 5.38. The molecule has 1 aromatic carbocycles. The molecule has 0 unspecified atom stereocenters. The Morgan fingerprint density at radius 1 is 1.24 bits per heavy atom. The molecule has 0 bridgehead atoms. The number of anilines is 1. The Kier molecular flexibility index (Phi) is 4.96. The predicted molar refractivity (Wildman–Crippen MR) is 83.5 cm³/mol. The van der Waals surface area contributed by atoms with Crippen molar-refractivity contribution >= 4 is 17.5 Å². The standard InChI is InChI=1S/C16H23N3O2/c1-17-10-11-18(2)16(21)13-6-4-5-7-14(13)19(3)15(20)12-8-9-12/h4-7,12,17H,8-11H2,1-3H3. The lowest BCUT2D eigenvalue weighted by molar-refractivity contribution is -0.119. The van der Waals surface area contributed by atoms with Crippen LogP contribution >= 0.6 is 0 Å². The van der Waals surface area contributed by atoms with E-state index in [0.717, 1.165) is 19.4 Å². The molecule has 2 rings (SSSR count). The van der Waals surface area contributed by atoms with Gasteiger partial charge in [-0.05, 0) is 32.0 Å². The minimum atomic E-state index is -0.0590. The largest absolute Gasteiger partial charge is 0.340 e. The van der Waals surface area contributed by atoms with Gasteiger partial charge in [0.05, 0.1) is 11.3 Å². The maximum Gasteiger partial charge on any atom is 0.255 e. The molecule has 21 heavy (non-hydrogen) atoms. The topological polar surface area (TPSA) is 52.7 Å². The molecule has 0 radical (unpaired) electrons. The van der Waals surface area contributed by atoms with Crippen molar-refractivity contribution in [3.05, 3.63) is 29.8 Å². The highest BCUT2D eigenvalue weighted by atomic mass is 16.2. The molecule has 0 spiro atoms. The summed E-state index contributed by atoms with van der Waals surface area (Å²) in [6.07, 6.45) is 1.92. The number of nitrogens with zero attached hydrogens (tertiary/aromatic N) is 2. The van der Waals surface area contributed by atoms with Gasteiger partial charge in [-0.15, -0.1) is 0 Å². The Bertz CT molecular complexity index is 526. The molecule has 1 aliphatic rings. The summed E-state index contributed by atoms with van der Waals surface area (Å²) >= 11 is 0. The van der Waals surface area contributed by atoms with Gasteiger partial charge in [0.15, 0.2) is 0 Å². The molecular weight excluding hydrogens is 266 g/mol. The van der Waals surface area contributed by atoms with E-state index < -0.39 is 0 Å². The van der Waals surface area contributed by atoms with E-state index in [-0.39, 0.29) is 17.7 Å². The molecule has 1 fully saturated rings. The van der Waals surface area contributed by atoms with Gasteiger partial charge in [-0.1, -0.05) is 12.1 Å². The van der Waals surface area contributed by atoms with E-state index in [1.54, 1.807) is 30.0 Å². The minimum absolute atomic E-state index is 0.0590. The summed E-state index contributed by atoms with van der Waals surface area (Å²) in [5.74, 6) is 0.185. The normalized spacial score (nSPS) is 13.9. The third-order valence-electron chi connectivity index (χ3n) is 3.80. The molecule has 1 aromatic rings. The maximum atomic E-state index is 12.5. The van der Waals surface area contributed by atoms with E-state index in [0.29, 0.717) is 17.8 Å². The Hall–Kier alpha value is -1.88. The van der Waals surface area contributed by atoms with Gasteiger partial charge >= 0.3 is 0 Å². The van der Waals surface area contributed by atoms with Crippen LogP contribution in [0.1, 0.15) is 23.2 Å². The van der Waals surface area contributed by atoms with Crippen LogP contribution in [-0.4, -0.2) is 50.9 Å². The fraction of sp³-hybridized carbons (Fsp3) is 0.500. The average molecular weight is 289 g/mol. The van der Waals surface area contributed by atoms with Crippen molar-refractivity contribution in [2.75, 3.05) is 39.1 Å². The van der Waals surface area contributed by atoms with Crippen LogP contribution in [0.2, 0.25) is 0 Å². The summed E-state index contributed by atoms with van der Waals surface area (Å²) in [5.41, 5.74) is 1.27. The SMILES string of the molecule is CNCCN(C)C(=O)c1ccccc1N(C)C(=O)C1CC1. The molecule has 1 N–H and O–H groups in total. The molecule has 0 aromatic heterocycles. The minimum Gasteiger partial charge on any atom is -0.340 e. The summed E-state index contributed by atoms with van der Waals surface area (Å²) < 4.78 is 0. The van der Waals surface area contributed by atoms with Crippen molar-refractivity contribution in [3.8, 4) is 0 Å². The Labute approximate surface area is 125 Å². The number of hydrogen-bond donors (Lipinski definition) is 1. The third kappa shape index (κ3) is 3.61. The second-order valence-corrected chi connectivity index (χ2v) is 5.52. The van der Waals surface area contributed by atoms with Gasteiger partial charge in [0.2, 0.25) is 5.91 Å². The van der Waals surface area contributed by atoms with Crippen LogP contribution in [-0.2, 0) is 4.79 Å². The maximum absolute atomic E-state index is 12.5. The highest BCUT2D eigenvalue weighted by Gasteiger charge is 2.33. The van der Waals surface area contributed by atoms with Gasteiger partial charge in [-0.25, -0.2) is 0 Å². The number of hydrogen-bond acceptors (Lipinski definition) is 3. The van der Waals surface area contributed by atoms with Crippen LogP contribution in [0.5, 0.6) is 0 Å². The first-order valence-electron chi connectivity index (χ1n) is 7.33. The van der Waals surface area contributed by atoms with Crippen LogP contribution in [0.15, 0.2) is 24.3 Å². The zero-order chi connectivity index (χ0) is 15.4. The van der Waals surface area contributed by atoms with Crippen LogP contribution in [0.25, 0.3) is 0 Å². The van der Waals surface area contributed by atoms with Crippen molar-refractivity contribution < 1.29 is 9.59 Å². The number of amides is 2. The van der Waals surface area contributed by atoms with E-state index in [9.17, 15) is 9.59 Å². The van der Waals surface area contributed by atoms with E-state index >= 15 is 0 Å². The number of carbonyl (C=O) groups excluding carboxylic acids is 2. The summed E-state index contributed by atoms with van der Waals surface area (Å²) in [6.45, 7) is 1.37. The van der Waals surface area contributed by atoms with Gasteiger partial charge in [0, 0.05) is 33.1 Å². The van der Waals surface area contributed by atoms with Gasteiger partial charge in [-0.3, -0.25) is 9.59 Å². The molecule has 0 atom stereocenters. The first-order valence-corrected chi connectivity index (χ1v) is 7.33. The third-order valence-corrected chi connectivity index (χ3v) is 3.80. The first-order chi connectivity index (χ1) is 10.1. The van der Waals surface area contributed by atoms with Gasteiger partial charge in [-0.2, -0.15) is 0 Å². The Balaban J connectivity index is 2.19. The molecule has 0 heterocycles. The van der Waals surface area contributed by atoms with Crippen molar-refractivity contribution in [3.63, 3.8) is 0 Å². The molecule has 1 aliphatic carbocycles. The number of rotatable bonds is 6. The zero-order valence-electron chi connectivity index (χ0n) is 12.9. The second-order valence-electron chi connectivity index (χ2n) is 5.52. The summed E-state index contributed by atoms with van der Waals surface area (Å²) in [6, 6.07) is 7.30. The lowest BCUT2D eigenvalue weighted by Gasteiger charge is -2.23. The highest BCUT2D eigenvalue weighted by molar-refractivity contribution is 6.05. The summed E-state index contributed by atoms with van der Waals surface area (Å²) in [5, 5.41) is 3.03. The molecule has 114 valence electrons. The van der Waals surface area contributed by atoms with Crippen LogP contribution in [0.4, 0.5) is 5.69 Å². The van der Waals surface area contributed by atoms with Gasteiger partial charge < -0.3 is 15.1 Å². The smallest absolute Gasteiger partial charge is 0.255 e. The van der Waals surface area contributed by atoms with Gasteiger partial charge in [0.1, 0.15) is 0 Å². The molecule has 0 aliphatic heterocycles. The van der Waals surface area contributed by atoms with E-state index in [4.69, 9.17) is 0 Å². The van der Waals surface area contributed by atoms with Gasteiger partial charge in [0.25, 0.3) is 5.91 Å².